The van der Waals surface area contributed by atoms with Gasteiger partial charge in [-0.3, -0.25) is 4.68 Å². The molecule has 0 unspecified atom stereocenters. The Balaban J connectivity index is 2.32. The lowest BCUT2D eigenvalue weighted by molar-refractivity contribution is 0.0586. The van der Waals surface area contributed by atoms with Crippen LogP contribution < -0.4 is 5.32 Å². The van der Waals surface area contributed by atoms with Gasteiger partial charge in [-0.25, -0.2) is 14.8 Å². The van der Waals surface area contributed by atoms with E-state index in [1.165, 1.54) is 7.11 Å². The zero-order valence-corrected chi connectivity index (χ0v) is 11.3. The van der Waals surface area contributed by atoms with Crippen molar-refractivity contribution in [2.45, 2.75) is 13.8 Å². The number of anilines is 2. The van der Waals surface area contributed by atoms with Crippen LogP contribution in [0.5, 0.6) is 0 Å². The van der Waals surface area contributed by atoms with Crippen molar-refractivity contribution in [2.24, 2.45) is 7.05 Å². The Labute approximate surface area is 110 Å². The predicted octanol–water partition coefficient (Wildman–Crippen LogP) is 1.36. The average Bonchev–Trinajstić information content (AvgIpc) is 2.66. The standard InChI is InChI=1S/C12H15N5O2/c1-7-5-10(15-11(13-7)12(18)19-4)14-9-6-17(3)16-8(9)2/h5-6H,1-4H3,(H,13,14,15). The Kier molecular flexibility index (Phi) is 3.46. The van der Waals surface area contributed by atoms with Crippen molar-refractivity contribution in [1.82, 2.24) is 19.7 Å². The van der Waals surface area contributed by atoms with Crippen LogP contribution in [0.2, 0.25) is 0 Å². The van der Waals surface area contributed by atoms with E-state index in [-0.39, 0.29) is 5.82 Å². The number of aromatic nitrogens is 4. The first-order chi connectivity index (χ1) is 8.99. The van der Waals surface area contributed by atoms with Crippen LogP contribution >= 0.6 is 0 Å². The number of aryl methyl sites for hydroxylation is 3. The van der Waals surface area contributed by atoms with Crippen molar-refractivity contribution in [3.63, 3.8) is 0 Å². The normalized spacial score (nSPS) is 10.3. The second-order valence-corrected chi connectivity index (χ2v) is 4.14. The molecule has 2 aromatic heterocycles. The van der Waals surface area contributed by atoms with Gasteiger partial charge in [-0.1, -0.05) is 0 Å². The van der Waals surface area contributed by atoms with E-state index in [1.54, 1.807) is 17.7 Å². The molecule has 0 saturated heterocycles. The molecular weight excluding hydrogens is 246 g/mol. The topological polar surface area (TPSA) is 81.9 Å². The Morgan fingerprint density at radius 1 is 1.37 bits per heavy atom. The highest BCUT2D eigenvalue weighted by atomic mass is 16.5. The first-order valence-corrected chi connectivity index (χ1v) is 5.71. The van der Waals surface area contributed by atoms with E-state index in [0.717, 1.165) is 11.4 Å². The fourth-order valence-electron chi connectivity index (χ4n) is 1.68. The first-order valence-electron chi connectivity index (χ1n) is 5.71. The maximum absolute atomic E-state index is 11.4. The number of nitrogens with zero attached hydrogens (tertiary/aromatic N) is 4. The second-order valence-electron chi connectivity index (χ2n) is 4.14. The average molecular weight is 261 g/mol. The molecule has 0 bridgehead atoms. The molecule has 7 nitrogen and oxygen atoms in total. The predicted molar refractivity (Wildman–Crippen MR) is 69.3 cm³/mol. The number of methoxy groups -OCH3 is 1. The number of carbonyl (C=O) groups excluding carboxylic acids is 1. The van der Waals surface area contributed by atoms with E-state index in [2.05, 4.69) is 25.1 Å². The molecule has 2 rings (SSSR count). The number of esters is 1. The van der Waals surface area contributed by atoms with Gasteiger partial charge in [0.1, 0.15) is 5.82 Å². The molecule has 0 aliphatic carbocycles. The summed E-state index contributed by atoms with van der Waals surface area (Å²) >= 11 is 0. The number of nitrogens with one attached hydrogen (secondary N) is 1. The lowest BCUT2D eigenvalue weighted by Gasteiger charge is -2.06. The zero-order chi connectivity index (χ0) is 14.0. The minimum Gasteiger partial charge on any atom is -0.463 e. The molecule has 100 valence electrons. The number of rotatable bonds is 3. The summed E-state index contributed by atoms with van der Waals surface area (Å²) < 4.78 is 6.32. The third kappa shape index (κ3) is 2.87. The maximum atomic E-state index is 11.4. The quantitative estimate of drug-likeness (QED) is 0.840. The molecular formula is C12H15N5O2. The minimum absolute atomic E-state index is 0.0338. The van der Waals surface area contributed by atoms with Crippen LogP contribution in [0.25, 0.3) is 0 Å². The Bertz CT molecular complexity index is 621. The van der Waals surface area contributed by atoms with Gasteiger partial charge in [0.25, 0.3) is 0 Å². The minimum atomic E-state index is -0.561. The van der Waals surface area contributed by atoms with Gasteiger partial charge in [0.05, 0.1) is 18.5 Å². The molecule has 0 radical (unpaired) electrons. The van der Waals surface area contributed by atoms with Crippen LogP contribution in [-0.2, 0) is 11.8 Å². The third-order valence-corrected chi connectivity index (χ3v) is 2.50. The Hall–Kier alpha value is -2.44. The van der Waals surface area contributed by atoms with Crippen LogP contribution in [0.3, 0.4) is 0 Å². The van der Waals surface area contributed by atoms with Gasteiger partial charge in [0.2, 0.25) is 5.82 Å². The summed E-state index contributed by atoms with van der Waals surface area (Å²) in [4.78, 5) is 19.6. The van der Waals surface area contributed by atoms with Gasteiger partial charge in [-0.2, -0.15) is 5.10 Å². The summed E-state index contributed by atoms with van der Waals surface area (Å²) in [7, 11) is 3.13. The van der Waals surface area contributed by atoms with Crippen LogP contribution in [-0.4, -0.2) is 32.8 Å². The van der Waals surface area contributed by atoms with Crippen molar-refractivity contribution >= 4 is 17.5 Å². The van der Waals surface area contributed by atoms with Crippen molar-refractivity contribution in [1.29, 1.82) is 0 Å². The van der Waals surface area contributed by atoms with E-state index in [0.29, 0.717) is 11.5 Å². The smallest absolute Gasteiger partial charge is 0.376 e. The molecule has 0 spiro atoms. The fourth-order valence-corrected chi connectivity index (χ4v) is 1.68. The van der Waals surface area contributed by atoms with Crippen LogP contribution in [0.4, 0.5) is 11.5 Å². The highest BCUT2D eigenvalue weighted by molar-refractivity contribution is 5.85. The van der Waals surface area contributed by atoms with Gasteiger partial charge < -0.3 is 10.1 Å². The van der Waals surface area contributed by atoms with Crippen molar-refractivity contribution in [2.75, 3.05) is 12.4 Å². The number of carbonyl (C=O) groups is 1. The first kappa shape index (κ1) is 13.0. The number of hydrogen-bond acceptors (Lipinski definition) is 6. The molecule has 0 aliphatic heterocycles. The van der Waals surface area contributed by atoms with Crippen molar-refractivity contribution < 1.29 is 9.53 Å². The summed E-state index contributed by atoms with van der Waals surface area (Å²) in [6.45, 7) is 3.67. The molecule has 0 saturated carbocycles. The van der Waals surface area contributed by atoms with Crippen molar-refractivity contribution in [3.05, 3.63) is 29.5 Å². The molecule has 0 amide bonds. The molecule has 0 atom stereocenters. The molecule has 1 N–H and O–H groups in total. The SMILES string of the molecule is COC(=O)c1nc(C)cc(Nc2cn(C)nc2C)n1. The van der Waals surface area contributed by atoms with Crippen LogP contribution in [0.15, 0.2) is 12.3 Å². The van der Waals surface area contributed by atoms with E-state index in [9.17, 15) is 4.79 Å². The van der Waals surface area contributed by atoms with E-state index in [1.807, 2.05) is 20.2 Å². The molecule has 0 fully saturated rings. The highest BCUT2D eigenvalue weighted by Crippen LogP contribution is 2.18. The third-order valence-electron chi connectivity index (χ3n) is 2.50. The summed E-state index contributed by atoms with van der Waals surface area (Å²) in [5.41, 5.74) is 2.36. The Morgan fingerprint density at radius 3 is 2.68 bits per heavy atom. The molecule has 7 heteroatoms. The number of ether oxygens (including phenoxy) is 1. The van der Waals surface area contributed by atoms with Gasteiger partial charge in [0, 0.05) is 25.0 Å². The summed E-state index contributed by atoms with van der Waals surface area (Å²) in [5, 5.41) is 7.33. The lowest BCUT2D eigenvalue weighted by atomic mass is 10.3. The maximum Gasteiger partial charge on any atom is 0.376 e. The summed E-state index contributed by atoms with van der Waals surface area (Å²) in [5.74, 6) is 0.00482. The largest absolute Gasteiger partial charge is 0.463 e. The molecule has 2 aromatic rings. The molecule has 0 aliphatic rings. The second kappa shape index (κ2) is 5.05. The number of hydrogen-bond donors (Lipinski definition) is 1. The van der Waals surface area contributed by atoms with Gasteiger partial charge in [-0.05, 0) is 13.8 Å². The van der Waals surface area contributed by atoms with E-state index < -0.39 is 5.97 Å². The molecule has 0 aromatic carbocycles. The van der Waals surface area contributed by atoms with Gasteiger partial charge in [0.15, 0.2) is 0 Å². The molecule has 19 heavy (non-hydrogen) atoms. The summed E-state index contributed by atoms with van der Waals surface area (Å²) in [6.07, 6.45) is 1.84. The Morgan fingerprint density at radius 2 is 2.11 bits per heavy atom. The van der Waals surface area contributed by atoms with Gasteiger partial charge in [-0.15, -0.1) is 0 Å². The van der Waals surface area contributed by atoms with E-state index in [4.69, 9.17) is 0 Å². The van der Waals surface area contributed by atoms with Crippen molar-refractivity contribution in [3.8, 4) is 0 Å². The van der Waals surface area contributed by atoms with Gasteiger partial charge >= 0.3 is 5.97 Å². The van der Waals surface area contributed by atoms with E-state index >= 15 is 0 Å². The summed E-state index contributed by atoms with van der Waals surface area (Å²) in [6, 6.07) is 1.75. The zero-order valence-electron chi connectivity index (χ0n) is 11.3. The fraction of sp³-hybridized carbons (Fsp3) is 0.333. The van der Waals surface area contributed by atoms with Crippen LogP contribution in [0, 0.1) is 13.8 Å². The molecule has 2 heterocycles. The lowest BCUT2D eigenvalue weighted by Crippen LogP contribution is -2.10. The highest BCUT2D eigenvalue weighted by Gasteiger charge is 2.12. The monoisotopic (exact) mass is 261 g/mol. The van der Waals surface area contributed by atoms with Crippen LogP contribution in [0.1, 0.15) is 22.0 Å².